The first-order valence-electron chi connectivity index (χ1n) is 3.73. The van der Waals surface area contributed by atoms with Crippen LogP contribution >= 0.6 is 11.7 Å². The molecule has 0 amide bonds. The lowest BCUT2D eigenvalue weighted by atomic mass is 10.2. The van der Waals surface area contributed by atoms with Crippen molar-refractivity contribution in [3.05, 3.63) is 24.0 Å². The van der Waals surface area contributed by atoms with Crippen molar-refractivity contribution >= 4 is 11.7 Å². The van der Waals surface area contributed by atoms with Gasteiger partial charge in [0.15, 0.2) is 0 Å². The van der Waals surface area contributed by atoms with Crippen molar-refractivity contribution in [2.45, 2.75) is 12.5 Å². The van der Waals surface area contributed by atoms with Crippen LogP contribution in [0.25, 0.3) is 0 Å². The fraction of sp³-hybridized carbons (Fsp3) is 0.333. The second kappa shape index (κ2) is 3.58. The molecule has 0 fully saturated rings. The van der Waals surface area contributed by atoms with Gasteiger partial charge in [-0.1, -0.05) is 0 Å². The molecule has 1 unspecified atom stereocenters. The summed E-state index contributed by atoms with van der Waals surface area (Å²) in [5.41, 5.74) is 6.72. The summed E-state index contributed by atoms with van der Waals surface area (Å²) in [6, 6.07) is -0.189. The molecule has 1 atom stereocenters. The highest BCUT2D eigenvalue weighted by Crippen LogP contribution is 2.09. The molecule has 13 heavy (non-hydrogen) atoms. The Bertz CT molecular complexity index is 341. The zero-order chi connectivity index (χ0) is 9.10. The van der Waals surface area contributed by atoms with Crippen molar-refractivity contribution in [3.63, 3.8) is 0 Å². The zero-order valence-corrected chi connectivity index (χ0v) is 7.53. The lowest BCUT2D eigenvalue weighted by molar-refractivity contribution is 0.663. The number of H-pyrrole nitrogens is 1. The molecule has 0 aliphatic rings. The van der Waals surface area contributed by atoms with Gasteiger partial charge < -0.3 is 5.73 Å². The first kappa shape index (κ1) is 8.27. The van der Waals surface area contributed by atoms with Gasteiger partial charge in [0.25, 0.3) is 0 Å². The van der Waals surface area contributed by atoms with E-state index in [0.29, 0.717) is 12.2 Å². The average Bonchev–Trinajstić information content (AvgIpc) is 2.74. The van der Waals surface area contributed by atoms with E-state index in [1.807, 2.05) is 0 Å². The van der Waals surface area contributed by atoms with Crippen LogP contribution in [0.5, 0.6) is 0 Å². The summed E-state index contributed by atoms with van der Waals surface area (Å²) >= 11 is 1.18. The molecule has 0 saturated carbocycles. The van der Waals surface area contributed by atoms with E-state index in [1.54, 1.807) is 6.20 Å². The van der Waals surface area contributed by atoms with Crippen molar-refractivity contribution in [1.29, 1.82) is 0 Å². The highest BCUT2D eigenvalue weighted by atomic mass is 32.1. The molecule has 0 aliphatic heterocycles. The van der Waals surface area contributed by atoms with Gasteiger partial charge in [-0.25, -0.2) is 4.98 Å². The molecule has 0 spiro atoms. The molecule has 0 radical (unpaired) electrons. The average molecular weight is 196 g/mol. The van der Waals surface area contributed by atoms with E-state index in [4.69, 9.17) is 5.73 Å². The van der Waals surface area contributed by atoms with Crippen LogP contribution in [0.3, 0.4) is 0 Å². The number of aromatic amines is 1. The van der Waals surface area contributed by atoms with Crippen molar-refractivity contribution in [2.75, 3.05) is 0 Å². The van der Waals surface area contributed by atoms with Gasteiger partial charge >= 0.3 is 0 Å². The highest BCUT2D eigenvalue weighted by molar-refractivity contribution is 6.99. The lowest BCUT2D eigenvalue weighted by Gasteiger charge is -2.03. The normalized spacial score (nSPS) is 13.0. The van der Waals surface area contributed by atoms with Gasteiger partial charge in [-0.2, -0.15) is 13.8 Å². The Morgan fingerprint density at radius 2 is 2.54 bits per heavy atom. The summed E-state index contributed by atoms with van der Waals surface area (Å²) in [6.07, 6.45) is 3.78. The van der Waals surface area contributed by atoms with Crippen LogP contribution in [0.15, 0.2) is 12.5 Å². The maximum absolute atomic E-state index is 5.83. The van der Waals surface area contributed by atoms with Crippen LogP contribution in [0.2, 0.25) is 0 Å². The third-order valence-corrected chi connectivity index (χ3v) is 2.14. The van der Waals surface area contributed by atoms with Crippen molar-refractivity contribution < 1.29 is 0 Å². The molecule has 0 aromatic carbocycles. The molecular formula is C6H8N6S. The molecule has 6 nitrogen and oxygen atoms in total. The van der Waals surface area contributed by atoms with Gasteiger partial charge in [0.2, 0.25) is 0 Å². The summed E-state index contributed by atoms with van der Waals surface area (Å²) in [5, 5.41) is 6.44. The predicted molar refractivity (Wildman–Crippen MR) is 46.9 cm³/mol. The zero-order valence-electron chi connectivity index (χ0n) is 6.71. The standard InChI is InChI=1S/C6H8N6S/c7-5(6-8-3-9-11-6)1-4-2-10-13-12-4/h2-3,5H,1,7H2,(H,8,9,11). The Morgan fingerprint density at radius 3 is 3.15 bits per heavy atom. The Balaban J connectivity index is 2.04. The van der Waals surface area contributed by atoms with Crippen LogP contribution in [-0.2, 0) is 6.42 Å². The van der Waals surface area contributed by atoms with Gasteiger partial charge in [-0.05, 0) is 0 Å². The third kappa shape index (κ3) is 1.87. The molecule has 0 aliphatic carbocycles. The SMILES string of the molecule is NC(Cc1cnsn1)c1ncn[nH]1. The number of nitrogens with two attached hydrogens (primary N) is 1. The Hall–Kier alpha value is -1.34. The smallest absolute Gasteiger partial charge is 0.141 e. The topological polar surface area (TPSA) is 93.4 Å². The van der Waals surface area contributed by atoms with Crippen molar-refractivity contribution in [2.24, 2.45) is 5.73 Å². The van der Waals surface area contributed by atoms with Crippen LogP contribution in [0.4, 0.5) is 0 Å². The van der Waals surface area contributed by atoms with Crippen molar-refractivity contribution in [3.8, 4) is 0 Å². The number of nitrogens with zero attached hydrogens (tertiary/aromatic N) is 4. The number of hydrogen-bond donors (Lipinski definition) is 2. The molecule has 2 rings (SSSR count). The van der Waals surface area contributed by atoms with E-state index in [0.717, 1.165) is 5.69 Å². The molecule has 2 aromatic rings. The summed E-state index contributed by atoms with van der Waals surface area (Å²) in [6.45, 7) is 0. The molecule has 68 valence electrons. The minimum atomic E-state index is -0.189. The molecule has 2 heterocycles. The van der Waals surface area contributed by atoms with E-state index in [1.165, 1.54) is 18.1 Å². The summed E-state index contributed by atoms with van der Waals surface area (Å²) in [5.74, 6) is 0.674. The summed E-state index contributed by atoms with van der Waals surface area (Å²) in [4.78, 5) is 3.96. The minimum absolute atomic E-state index is 0.189. The molecule has 7 heteroatoms. The molecular weight excluding hydrogens is 188 g/mol. The number of rotatable bonds is 3. The largest absolute Gasteiger partial charge is 0.321 e. The second-order valence-electron chi connectivity index (χ2n) is 2.58. The fourth-order valence-electron chi connectivity index (χ4n) is 0.990. The van der Waals surface area contributed by atoms with Crippen LogP contribution in [0.1, 0.15) is 17.6 Å². The van der Waals surface area contributed by atoms with Gasteiger partial charge in [-0.15, -0.1) is 0 Å². The Morgan fingerprint density at radius 1 is 1.62 bits per heavy atom. The van der Waals surface area contributed by atoms with Gasteiger partial charge in [0.1, 0.15) is 12.2 Å². The molecule has 0 saturated heterocycles. The monoisotopic (exact) mass is 196 g/mol. The van der Waals surface area contributed by atoms with Crippen molar-refractivity contribution in [1.82, 2.24) is 23.9 Å². The first-order valence-corrected chi connectivity index (χ1v) is 4.46. The van der Waals surface area contributed by atoms with Crippen LogP contribution in [0, 0.1) is 0 Å². The highest BCUT2D eigenvalue weighted by Gasteiger charge is 2.10. The predicted octanol–water partition coefficient (Wildman–Crippen LogP) is -0.101. The molecule has 3 N–H and O–H groups in total. The van der Waals surface area contributed by atoms with E-state index in [2.05, 4.69) is 23.9 Å². The summed E-state index contributed by atoms with van der Waals surface area (Å²) in [7, 11) is 0. The third-order valence-electron chi connectivity index (χ3n) is 1.62. The number of aromatic nitrogens is 5. The summed E-state index contributed by atoms with van der Waals surface area (Å²) < 4.78 is 7.94. The maximum Gasteiger partial charge on any atom is 0.141 e. The molecule has 0 bridgehead atoms. The minimum Gasteiger partial charge on any atom is -0.321 e. The van der Waals surface area contributed by atoms with E-state index in [9.17, 15) is 0 Å². The van der Waals surface area contributed by atoms with Crippen LogP contribution < -0.4 is 5.73 Å². The fourth-order valence-corrected chi connectivity index (χ4v) is 1.43. The number of nitrogens with one attached hydrogen (secondary N) is 1. The van der Waals surface area contributed by atoms with E-state index >= 15 is 0 Å². The van der Waals surface area contributed by atoms with Gasteiger partial charge in [0, 0.05) is 6.42 Å². The van der Waals surface area contributed by atoms with Crippen LogP contribution in [-0.4, -0.2) is 23.9 Å². The van der Waals surface area contributed by atoms with Gasteiger partial charge in [0.05, 0.1) is 29.7 Å². The Kier molecular flexibility index (Phi) is 2.28. The maximum atomic E-state index is 5.83. The molecule has 2 aromatic heterocycles. The van der Waals surface area contributed by atoms with E-state index in [-0.39, 0.29) is 6.04 Å². The second-order valence-corrected chi connectivity index (χ2v) is 3.14. The quantitative estimate of drug-likeness (QED) is 0.715. The van der Waals surface area contributed by atoms with E-state index < -0.39 is 0 Å². The van der Waals surface area contributed by atoms with Gasteiger partial charge in [-0.3, -0.25) is 5.10 Å². The number of hydrogen-bond acceptors (Lipinski definition) is 6. The Labute approximate surface area is 78.5 Å². The lowest BCUT2D eigenvalue weighted by Crippen LogP contribution is -2.15. The first-order chi connectivity index (χ1) is 6.36.